The van der Waals surface area contributed by atoms with Crippen LogP contribution in [0.5, 0.6) is 5.75 Å². The number of hydrogen-bond donors (Lipinski definition) is 1. The predicted molar refractivity (Wildman–Crippen MR) is 74.3 cm³/mol. The minimum atomic E-state index is -0.127. The van der Waals surface area contributed by atoms with Crippen LogP contribution in [0.2, 0.25) is 5.02 Å². The fraction of sp³-hybridized carbons (Fsp3) is 0.500. The van der Waals surface area contributed by atoms with E-state index in [2.05, 4.69) is 0 Å². The van der Waals surface area contributed by atoms with E-state index in [-0.39, 0.29) is 18.0 Å². The first-order chi connectivity index (χ1) is 9.10. The lowest BCUT2D eigenvalue weighted by atomic mass is 10.1. The maximum Gasteiger partial charge on any atom is 0.309 e. The van der Waals surface area contributed by atoms with Crippen LogP contribution in [0.15, 0.2) is 18.2 Å². The van der Waals surface area contributed by atoms with E-state index in [0.29, 0.717) is 29.5 Å². The van der Waals surface area contributed by atoms with Gasteiger partial charge in [0, 0.05) is 5.02 Å². The summed E-state index contributed by atoms with van der Waals surface area (Å²) < 4.78 is 10.9. The lowest BCUT2D eigenvalue weighted by Crippen LogP contribution is -2.18. The van der Waals surface area contributed by atoms with Crippen molar-refractivity contribution in [3.05, 3.63) is 23.2 Å². The number of carbonyl (C=O) groups is 1. The molecular formula is C14H18ClNO3. The molecule has 1 fully saturated rings. The van der Waals surface area contributed by atoms with Crippen molar-refractivity contribution in [2.75, 3.05) is 12.3 Å². The molecule has 0 heterocycles. The molecule has 2 unspecified atom stereocenters. The molecule has 104 valence electrons. The van der Waals surface area contributed by atoms with Crippen molar-refractivity contribution in [3.8, 4) is 5.75 Å². The molecule has 1 aliphatic carbocycles. The number of esters is 1. The van der Waals surface area contributed by atoms with Gasteiger partial charge in [-0.3, -0.25) is 4.79 Å². The fourth-order valence-electron chi connectivity index (χ4n) is 2.33. The van der Waals surface area contributed by atoms with Gasteiger partial charge in [-0.1, -0.05) is 11.6 Å². The van der Waals surface area contributed by atoms with E-state index >= 15 is 0 Å². The van der Waals surface area contributed by atoms with E-state index in [1.54, 1.807) is 18.2 Å². The molecule has 1 saturated carbocycles. The van der Waals surface area contributed by atoms with Gasteiger partial charge in [0.1, 0.15) is 5.75 Å². The first kappa shape index (κ1) is 14.0. The van der Waals surface area contributed by atoms with Gasteiger partial charge in [-0.05, 0) is 44.4 Å². The summed E-state index contributed by atoms with van der Waals surface area (Å²) in [7, 11) is 0. The molecule has 0 amide bonds. The Balaban J connectivity index is 1.93. The second kappa shape index (κ2) is 6.15. The van der Waals surface area contributed by atoms with Crippen molar-refractivity contribution in [2.45, 2.75) is 32.3 Å². The Hall–Kier alpha value is -1.42. The molecule has 1 aliphatic rings. The van der Waals surface area contributed by atoms with Crippen molar-refractivity contribution in [1.29, 1.82) is 0 Å². The van der Waals surface area contributed by atoms with Gasteiger partial charge in [-0.15, -0.1) is 0 Å². The summed E-state index contributed by atoms with van der Waals surface area (Å²) in [4.78, 5) is 11.6. The van der Waals surface area contributed by atoms with Crippen LogP contribution in [0.1, 0.15) is 26.2 Å². The zero-order valence-corrected chi connectivity index (χ0v) is 11.7. The molecule has 0 aromatic heterocycles. The number of carbonyl (C=O) groups excluding carboxylic acids is 1. The third kappa shape index (κ3) is 3.53. The molecule has 0 bridgehead atoms. The molecule has 2 N–H and O–H groups in total. The minimum absolute atomic E-state index is 0.0119. The Kier molecular flexibility index (Phi) is 4.53. The topological polar surface area (TPSA) is 61.5 Å². The summed E-state index contributed by atoms with van der Waals surface area (Å²) in [5.41, 5.74) is 6.36. The Labute approximate surface area is 117 Å². The molecule has 0 spiro atoms. The van der Waals surface area contributed by atoms with E-state index in [0.717, 1.165) is 12.8 Å². The molecule has 2 atom stereocenters. The van der Waals surface area contributed by atoms with Gasteiger partial charge in [0.25, 0.3) is 0 Å². The summed E-state index contributed by atoms with van der Waals surface area (Å²) in [6, 6.07) is 5.16. The molecule has 2 rings (SSSR count). The SMILES string of the molecule is CCOC(=O)C1CCC(Oc2ccc(Cl)cc2N)C1. The number of ether oxygens (including phenoxy) is 2. The monoisotopic (exact) mass is 283 g/mol. The molecule has 0 radical (unpaired) electrons. The maximum atomic E-state index is 11.6. The first-order valence-corrected chi connectivity index (χ1v) is 6.86. The Morgan fingerprint density at radius 2 is 2.26 bits per heavy atom. The summed E-state index contributed by atoms with van der Waals surface area (Å²) in [5, 5.41) is 0.584. The molecule has 19 heavy (non-hydrogen) atoms. The van der Waals surface area contributed by atoms with Gasteiger partial charge < -0.3 is 15.2 Å². The molecule has 5 heteroatoms. The van der Waals surface area contributed by atoms with Crippen LogP contribution in [-0.2, 0) is 9.53 Å². The normalized spacial score (nSPS) is 22.2. The van der Waals surface area contributed by atoms with Crippen LogP contribution in [0.25, 0.3) is 0 Å². The third-order valence-corrected chi connectivity index (χ3v) is 3.51. The van der Waals surface area contributed by atoms with Crippen LogP contribution >= 0.6 is 11.6 Å². The van der Waals surface area contributed by atoms with E-state index in [4.69, 9.17) is 26.8 Å². The van der Waals surface area contributed by atoms with Gasteiger partial charge in [0.15, 0.2) is 0 Å². The van der Waals surface area contributed by atoms with Gasteiger partial charge in [-0.2, -0.15) is 0 Å². The number of benzene rings is 1. The number of hydrogen-bond acceptors (Lipinski definition) is 4. The first-order valence-electron chi connectivity index (χ1n) is 6.48. The van der Waals surface area contributed by atoms with Crippen LogP contribution in [0, 0.1) is 5.92 Å². The van der Waals surface area contributed by atoms with Gasteiger partial charge in [0.2, 0.25) is 0 Å². The third-order valence-electron chi connectivity index (χ3n) is 3.27. The fourth-order valence-corrected chi connectivity index (χ4v) is 2.51. The average Bonchev–Trinajstić information content (AvgIpc) is 2.82. The van der Waals surface area contributed by atoms with Crippen LogP contribution < -0.4 is 10.5 Å². The number of anilines is 1. The summed E-state index contributed by atoms with van der Waals surface area (Å²) in [6.45, 7) is 2.24. The Morgan fingerprint density at radius 1 is 1.47 bits per heavy atom. The van der Waals surface area contributed by atoms with Gasteiger partial charge in [-0.25, -0.2) is 0 Å². The summed E-state index contributed by atoms with van der Waals surface area (Å²) >= 11 is 5.84. The largest absolute Gasteiger partial charge is 0.488 e. The minimum Gasteiger partial charge on any atom is -0.488 e. The van der Waals surface area contributed by atoms with Crippen molar-refractivity contribution in [2.24, 2.45) is 5.92 Å². The molecule has 0 saturated heterocycles. The van der Waals surface area contributed by atoms with Crippen LogP contribution in [0.3, 0.4) is 0 Å². The highest BCUT2D eigenvalue weighted by Crippen LogP contribution is 2.33. The second-order valence-electron chi connectivity index (χ2n) is 4.68. The highest BCUT2D eigenvalue weighted by Gasteiger charge is 2.32. The van der Waals surface area contributed by atoms with E-state index < -0.39 is 0 Å². The number of nitrogens with two attached hydrogens (primary N) is 1. The second-order valence-corrected chi connectivity index (χ2v) is 5.12. The van der Waals surface area contributed by atoms with Crippen molar-refractivity contribution < 1.29 is 14.3 Å². The van der Waals surface area contributed by atoms with Crippen molar-refractivity contribution in [1.82, 2.24) is 0 Å². The molecule has 1 aromatic rings. The molecule has 0 aliphatic heterocycles. The quantitative estimate of drug-likeness (QED) is 0.681. The van der Waals surface area contributed by atoms with Crippen LogP contribution in [-0.4, -0.2) is 18.7 Å². The smallest absolute Gasteiger partial charge is 0.309 e. The average molecular weight is 284 g/mol. The van der Waals surface area contributed by atoms with Crippen molar-refractivity contribution >= 4 is 23.3 Å². The zero-order valence-electron chi connectivity index (χ0n) is 10.9. The van der Waals surface area contributed by atoms with E-state index in [1.807, 2.05) is 6.92 Å². The van der Waals surface area contributed by atoms with E-state index in [9.17, 15) is 4.79 Å². The van der Waals surface area contributed by atoms with E-state index in [1.165, 1.54) is 0 Å². The van der Waals surface area contributed by atoms with Gasteiger partial charge >= 0.3 is 5.97 Å². The number of nitrogen functional groups attached to an aromatic ring is 1. The Bertz CT molecular complexity index is 464. The van der Waals surface area contributed by atoms with Crippen molar-refractivity contribution in [3.63, 3.8) is 0 Å². The molecule has 1 aromatic carbocycles. The molecule has 4 nitrogen and oxygen atoms in total. The maximum absolute atomic E-state index is 11.6. The molecular weight excluding hydrogens is 266 g/mol. The summed E-state index contributed by atoms with van der Waals surface area (Å²) in [5.74, 6) is 0.440. The lowest BCUT2D eigenvalue weighted by Gasteiger charge is -2.15. The summed E-state index contributed by atoms with van der Waals surface area (Å²) in [6.07, 6.45) is 2.33. The highest BCUT2D eigenvalue weighted by atomic mass is 35.5. The standard InChI is InChI=1S/C14H18ClNO3/c1-2-18-14(17)9-3-5-11(7-9)19-13-6-4-10(15)8-12(13)16/h4,6,8-9,11H,2-3,5,7,16H2,1H3. The number of halogens is 1. The Morgan fingerprint density at radius 3 is 2.95 bits per heavy atom. The predicted octanol–water partition coefficient (Wildman–Crippen LogP) is 3.03. The number of rotatable bonds is 4. The van der Waals surface area contributed by atoms with Crippen LogP contribution in [0.4, 0.5) is 5.69 Å². The highest BCUT2D eigenvalue weighted by molar-refractivity contribution is 6.30. The van der Waals surface area contributed by atoms with Gasteiger partial charge in [0.05, 0.1) is 24.3 Å². The lowest BCUT2D eigenvalue weighted by molar-refractivity contribution is -0.147. The zero-order chi connectivity index (χ0) is 13.8.